The highest BCUT2D eigenvalue weighted by Gasteiger charge is 2.27. The van der Waals surface area contributed by atoms with Crippen LogP contribution in [-0.4, -0.2) is 22.0 Å². The summed E-state index contributed by atoms with van der Waals surface area (Å²) in [5.41, 5.74) is 5.33. The molecule has 0 amide bonds. The Bertz CT molecular complexity index is 877. The molecular weight excluding hydrogens is 326 g/mol. The van der Waals surface area contributed by atoms with Gasteiger partial charge in [-0.3, -0.25) is 0 Å². The molecule has 0 unspecified atom stereocenters. The Morgan fingerprint density at radius 2 is 1.81 bits per heavy atom. The lowest BCUT2D eigenvalue weighted by Crippen LogP contribution is -2.24. The molecule has 134 valence electrons. The standard InChI is InChI=1S/C22H23NO3/c1-22(2)13-3-4-17-14-18(10-11-19(17)22)20(23-26)12-7-15-5-8-16(9-6-15)21(24)25/h5-12,14,26H,3-4,13H2,1-2H3,(H,24,25)/b12-7+,23-20-. The third kappa shape index (κ3) is 3.69. The van der Waals surface area contributed by atoms with Gasteiger partial charge in [-0.2, -0.15) is 0 Å². The number of benzene rings is 2. The SMILES string of the molecule is CC1(C)CCCc2cc(C(/C=C/c3ccc(C(=O)O)cc3)=N\O)ccc21. The molecule has 0 heterocycles. The second kappa shape index (κ2) is 7.16. The average molecular weight is 349 g/mol. The van der Waals surface area contributed by atoms with Gasteiger partial charge in [-0.15, -0.1) is 0 Å². The maximum absolute atomic E-state index is 10.9. The van der Waals surface area contributed by atoms with Crippen molar-refractivity contribution in [2.75, 3.05) is 0 Å². The minimum atomic E-state index is -0.949. The van der Waals surface area contributed by atoms with Gasteiger partial charge in [0, 0.05) is 5.56 Å². The van der Waals surface area contributed by atoms with Crippen molar-refractivity contribution in [3.05, 3.63) is 76.4 Å². The molecular formula is C22H23NO3. The van der Waals surface area contributed by atoms with Crippen molar-refractivity contribution >= 4 is 17.8 Å². The van der Waals surface area contributed by atoms with Gasteiger partial charge in [-0.1, -0.05) is 49.3 Å². The highest BCUT2D eigenvalue weighted by molar-refractivity contribution is 6.10. The number of carboxylic acid groups (broad SMARTS) is 1. The van der Waals surface area contributed by atoms with Crippen molar-refractivity contribution in [1.29, 1.82) is 0 Å². The molecule has 0 fully saturated rings. The first-order valence-corrected chi connectivity index (χ1v) is 8.78. The summed E-state index contributed by atoms with van der Waals surface area (Å²) in [5, 5.41) is 21.8. The lowest BCUT2D eigenvalue weighted by molar-refractivity contribution is 0.0697. The fourth-order valence-electron chi connectivity index (χ4n) is 3.57. The fraction of sp³-hybridized carbons (Fsp3) is 0.273. The van der Waals surface area contributed by atoms with Crippen molar-refractivity contribution in [3.63, 3.8) is 0 Å². The van der Waals surface area contributed by atoms with E-state index in [9.17, 15) is 10.0 Å². The monoisotopic (exact) mass is 349 g/mol. The maximum Gasteiger partial charge on any atom is 0.335 e. The Morgan fingerprint density at radius 1 is 1.12 bits per heavy atom. The quantitative estimate of drug-likeness (QED) is 0.469. The summed E-state index contributed by atoms with van der Waals surface area (Å²) < 4.78 is 0. The normalized spacial score (nSPS) is 16.5. The number of nitrogens with zero attached hydrogens (tertiary/aromatic N) is 1. The van der Waals surface area contributed by atoms with Gasteiger partial charge in [-0.25, -0.2) is 4.79 Å². The number of carboxylic acids is 1. The number of hydrogen-bond acceptors (Lipinski definition) is 3. The van der Waals surface area contributed by atoms with E-state index in [4.69, 9.17) is 5.11 Å². The van der Waals surface area contributed by atoms with Crippen molar-refractivity contribution in [1.82, 2.24) is 0 Å². The van der Waals surface area contributed by atoms with Crippen LogP contribution in [0, 0.1) is 0 Å². The maximum atomic E-state index is 10.9. The summed E-state index contributed by atoms with van der Waals surface area (Å²) in [5.74, 6) is -0.949. The van der Waals surface area contributed by atoms with Crippen LogP contribution in [0.5, 0.6) is 0 Å². The first kappa shape index (κ1) is 17.9. The molecule has 0 bridgehead atoms. The molecule has 2 aromatic carbocycles. The Morgan fingerprint density at radius 3 is 2.46 bits per heavy atom. The Balaban J connectivity index is 1.84. The predicted octanol–water partition coefficient (Wildman–Crippen LogP) is 4.89. The second-order valence-corrected chi connectivity index (χ2v) is 7.36. The highest BCUT2D eigenvalue weighted by atomic mass is 16.4. The van der Waals surface area contributed by atoms with E-state index in [1.807, 2.05) is 12.1 Å². The van der Waals surface area contributed by atoms with Gasteiger partial charge in [0.05, 0.1) is 5.56 Å². The first-order chi connectivity index (χ1) is 12.4. The molecule has 0 radical (unpaired) electrons. The molecule has 0 spiro atoms. The van der Waals surface area contributed by atoms with Crippen molar-refractivity contribution in [2.45, 2.75) is 38.5 Å². The average Bonchev–Trinajstić information content (AvgIpc) is 2.62. The Kier molecular flexibility index (Phi) is 4.94. The Hall–Kier alpha value is -2.88. The highest BCUT2D eigenvalue weighted by Crippen LogP contribution is 2.37. The van der Waals surface area contributed by atoms with Gasteiger partial charge in [0.15, 0.2) is 0 Å². The summed E-state index contributed by atoms with van der Waals surface area (Å²) in [6.45, 7) is 4.54. The molecule has 0 saturated carbocycles. The third-order valence-corrected chi connectivity index (χ3v) is 5.08. The molecule has 2 aromatic rings. The van der Waals surface area contributed by atoms with Crippen LogP contribution in [0.1, 0.15) is 59.3 Å². The topological polar surface area (TPSA) is 69.9 Å². The van der Waals surface area contributed by atoms with Crippen molar-refractivity contribution in [3.8, 4) is 0 Å². The van der Waals surface area contributed by atoms with Gasteiger partial charge in [-0.05, 0) is 65.6 Å². The van der Waals surface area contributed by atoms with Crippen molar-refractivity contribution in [2.24, 2.45) is 5.16 Å². The molecule has 4 heteroatoms. The molecule has 0 aromatic heterocycles. The van der Waals surface area contributed by atoms with Gasteiger partial charge in [0.1, 0.15) is 5.71 Å². The van der Waals surface area contributed by atoms with Crippen LogP contribution in [0.3, 0.4) is 0 Å². The number of carbonyl (C=O) groups is 1. The zero-order valence-corrected chi connectivity index (χ0v) is 15.1. The zero-order valence-electron chi connectivity index (χ0n) is 15.1. The van der Waals surface area contributed by atoms with E-state index in [2.05, 4.69) is 31.1 Å². The lowest BCUT2D eigenvalue weighted by atomic mass is 9.72. The van der Waals surface area contributed by atoms with E-state index < -0.39 is 5.97 Å². The van der Waals surface area contributed by atoms with E-state index in [1.54, 1.807) is 30.3 Å². The van der Waals surface area contributed by atoms with E-state index in [1.165, 1.54) is 24.0 Å². The summed E-state index contributed by atoms with van der Waals surface area (Å²) in [4.78, 5) is 10.9. The van der Waals surface area contributed by atoms with Gasteiger partial charge in [0.2, 0.25) is 0 Å². The number of oxime groups is 1. The number of allylic oxidation sites excluding steroid dienone is 1. The minimum Gasteiger partial charge on any atom is -0.478 e. The van der Waals surface area contributed by atoms with Crippen LogP contribution in [0.15, 0.2) is 53.7 Å². The Labute approximate surface area is 153 Å². The van der Waals surface area contributed by atoms with E-state index in [-0.39, 0.29) is 11.0 Å². The third-order valence-electron chi connectivity index (χ3n) is 5.08. The van der Waals surface area contributed by atoms with Crippen LogP contribution >= 0.6 is 0 Å². The van der Waals surface area contributed by atoms with Gasteiger partial charge < -0.3 is 10.3 Å². The van der Waals surface area contributed by atoms with Gasteiger partial charge in [0.25, 0.3) is 0 Å². The second-order valence-electron chi connectivity index (χ2n) is 7.36. The molecule has 0 atom stereocenters. The summed E-state index contributed by atoms with van der Waals surface area (Å²) >= 11 is 0. The molecule has 0 aliphatic heterocycles. The smallest absolute Gasteiger partial charge is 0.335 e. The number of hydrogen-bond donors (Lipinski definition) is 2. The molecule has 0 saturated heterocycles. The number of aryl methyl sites for hydroxylation is 1. The van der Waals surface area contributed by atoms with Crippen LogP contribution in [-0.2, 0) is 11.8 Å². The molecule has 2 N–H and O–H groups in total. The fourth-order valence-corrected chi connectivity index (χ4v) is 3.57. The van der Waals surface area contributed by atoms with Crippen LogP contribution in [0.4, 0.5) is 0 Å². The molecule has 4 nitrogen and oxygen atoms in total. The minimum absolute atomic E-state index is 0.185. The van der Waals surface area contributed by atoms with E-state index in [0.29, 0.717) is 5.71 Å². The molecule has 1 aliphatic rings. The van der Waals surface area contributed by atoms with Crippen LogP contribution < -0.4 is 0 Å². The van der Waals surface area contributed by atoms with Crippen molar-refractivity contribution < 1.29 is 15.1 Å². The molecule has 3 rings (SSSR count). The predicted molar refractivity (Wildman–Crippen MR) is 103 cm³/mol. The summed E-state index contributed by atoms with van der Waals surface area (Å²) in [7, 11) is 0. The van der Waals surface area contributed by atoms with E-state index >= 15 is 0 Å². The summed E-state index contributed by atoms with van der Waals surface area (Å²) in [6, 6.07) is 12.8. The van der Waals surface area contributed by atoms with Gasteiger partial charge >= 0.3 is 5.97 Å². The first-order valence-electron chi connectivity index (χ1n) is 8.78. The van der Waals surface area contributed by atoms with E-state index in [0.717, 1.165) is 17.5 Å². The van der Waals surface area contributed by atoms with Crippen LogP contribution in [0.25, 0.3) is 6.08 Å². The summed E-state index contributed by atoms with van der Waals surface area (Å²) in [6.07, 6.45) is 6.95. The largest absolute Gasteiger partial charge is 0.478 e. The number of aromatic carboxylic acids is 1. The van der Waals surface area contributed by atoms with Crippen LogP contribution in [0.2, 0.25) is 0 Å². The number of fused-ring (bicyclic) bond motifs is 1. The zero-order chi connectivity index (χ0) is 18.7. The molecule has 1 aliphatic carbocycles. The molecule has 26 heavy (non-hydrogen) atoms. The lowest BCUT2D eigenvalue weighted by Gasteiger charge is -2.32. The number of rotatable bonds is 4.